The van der Waals surface area contributed by atoms with Gasteiger partial charge in [0.2, 0.25) is 6.79 Å². The molecule has 5 nitrogen and oxygen atoms in total. The first-order chi connectivity index (χ1) is 9.66. The lowest BCUT2D eigenvalue weighted by Crippen LogP contribution is -2.49. The van der Waals surface area contributed by atoms with Gasteiger partial charge in [0.15, 0.2) is 11.5 Å². The van der Waals surface area contributed by atoms with E-state index in [0.717, 1.165) is 19.3 Å². The van der Waals surface area contributed by atoms with Gasteiger partial charge in [-0.15, -0.1) is 0 Å². The molecule has 1 unspecified atom stereocenters. The minimum Gasteiger partial charge on any atom is -0.454 e. The first kappa shape index (κ1) is 13.2. The van der Waals surface area contributed by atoms with Crippen LogP contribution in [0.3, 0.4) is 0 Å². The Morgan fingerprint density at radius 2 is 2.10 bits per heavy atom. The van der Waals surface area contributed by atoms with Crippen molar-refractivity contribution in [2.75, 3.05) is 13.3 Å². The van der Waals surface area contributed by atoms with E-state index in [9.17, 15) is 4.79 Å². The Kier molecular flexibility index (Phi) is 3.48. The molecule has 3 rings (SSSR count). The molecule has 1 fully saturated rings. The molecule has 2 heterocycles. The van der Waals surface area contributed by atoms with Crippen molar-refractivity contribution in [1.82, 2.24) is 4.90 Å². The number of ether oxygens (including phenoxy) is 2. The second-order valence-corrected chi connectivity index (χ2v) is 5.45. The molecule has 2 aliphatic rings. The van der Waals surface area contributed by atoms with Gasteiger partial charge in [0.1, 0.15) is 0 Å². The number of nitrogens with two attached hydrogens (primary N) is 1. The predicted octanol–water partition coefficient (Wildman–Crippen LogP) is 1.70. The molecule has 20 heavy (non-hydrogen) atoms. The summed E-state index contributed by atoms with van der Waals surface area (Å²) in [5, 5.41) is 0. The van der Waals surface area contributed by atoms with Crippen LogP contribution >= 0.6 is 12.2 Å². The summed E-state index contributed by atoms with van der Waals surface area (Å²) in [5.41, 5.74) is 6.34. The van der Waals surface area contributed by atoms with E-state index >= 15 is 0 Å². The summed E-state index contributed by atoms with van der Waals surface area (Å²) in [4.78, 5) is 14.8. The van der Waals surface area contributed by atoms with E-state index in [4.69, 9.17) is 27.4 Å². The van der Waals surface area contributed by atoms with Crippen LogP contribution in [0.25, 0.3) is 0 Å². The molecule has 0 aliphatic carbocycles. The molecule has 6 heteroatoms. The van der Waals surface area contributed by atoms with Crippen molar-refractivity contribution in [3.05, 3.63) is 23.8 Å². The van der Waals surface area contributed by atoms with Crippen LogP contribution < -0.4 is 15.2 Å². The number of hydrogen-bond acceptors (Lipinski definition) is 4. The van der Waals surface area contributed by atoms with Crippen molar-refractivity contribution in [3.63, 3.8) is 0 Å². The lowest BCUT2D eigenvalue weighted by atomic mass is 10.0. The summed E-state index contributed by atoms with van der Waals surface area (Å²) in [5.74, 6) is 1.23. The summed E-state index contributed by atoms with van der Waals surface area (Å²) >= 11 is 5.08. The minimum absolute atomic E-state index is 0.0548. The number of amides is 1. The standard InChI is InChI=1S/C14H16N2O3S/c15-13(20)10-3-1-2-6-16(10)14(17)9-4-5-11-12(7-9)19-8-18-11/h4-5,7,10H,1-3,6,8H2,(H2,15,20). The Morgan fingerprint density at radius 3 is 2.90 bits per heavy atom. The van der Waals surface area contributed by atoms with Crippen molar-refractivity contribution in [2.24, 2.45) is 5.73 Å². The fourth-order valence-electron chi connectivity index (χ4n) is 2.67. The van der Waals surface area contributed by atoms with Gasteiger partial charge in [-0.25, -0.2) is 0 Å². The van der Waals surface area contributed by atoms with Crippen molar-refractivity contribution >= 4 is 23.1 Å². The molecule has 0 saturated carbocycles. The zero-order valence-electron chi connectivity index (χ0n) is 11.0. The number of thiocarbonyl (C=S) groups is 1. The molecular formula is C14H16N2O3S. The number of rotatable bonds is 2. The monoisotopic (exact) mass is 292 g/mol. The van der Waals surface area contributed by atoms with E-state index in [1.54, 1.807) is 23.1 Å². The molecule has 0 spiro atoms. The zero-order chi connectivity index (χ0) is 14.1. The number of hydrogen-bond donors (Lipinski definition) is 1. The van der Waals surface area contributed by atoms with Crippen LogP contribution in [0.2, 0.25) is 0 Å². The van der Waals surface area contributed by atoms with E-state index in [1.165, 1.54) is 0 Å². The van der Waals surface area contributed by atoms with Crippen LogP contribution in [-0.2, 0) is 0 Å². The number of carbonyl (C=O) groups excluding carboxylic acids is 1. The third kappa shape index (κ3) is 2.31. The lowest BCUT2D eigenvalue weighted by molar-refractivity contribution is 0.0681. The molecule has 0 aromatic heterocycles. The quantitative estimate of drug-likeness (QED) is 0.840. The Labute approximate surface area is 122 Å². The molecule has 0 radical (unpaired) electrons. The second-order valence-electron chi connectivity index (χ2n) is 4.98. The van der Waals surface area contributed by atoms with Crippen LogP contribution in [0.15, 0.2) is 18.2 Å². The highest BCUT2D eigenvalue weighted by atomic mass is 32.1. The van der Waals surface area contributed by atoms with Gasteiger partial charge < -0.3 is 20.1 Å². The van der Waals surface area contributed by atoms with Crippen molar-refractivity contribution < 1.29 is 14.3 Å². The SMILES string of the molecule is NC(=S)C1CCCCN1C(=O)c1ccc2c(c1)OCO2. The third-order valence-electron chi connectivity index (χ3n) is 3.71. The van der Waals surface area contributed by atoms with Crippen LogP contribution in [0.1, 0.15) is 29.6 Å². The first-order valence-corrected chi connectivity index (χ1v) is 7.07. The molecule has 2 aliphatic heterocycles. The van der Waals surface area contributed by atoms with Crippen LogP contribution in [0, 0.1) is 0 Å². The number of fused-ring (bicyclic) bond motifs is 1. The molecule has 1 amide bonds. The summed E-state index contributed by atoms with van der Waals surface area (Å²) in [7, 11) is 0. The smallest absolute Gasteiger partial charge is 0.254 e. The Balaban J connectivity index is 1.85. The second kappa shape index (κ2) is 5.28. The van der Waals surface area contributed by atoms with Crippen molar-refractivity contribution in [2.45, 2.75) is 25.3 Å². The highest BCUT2D eigenvalue weighted by Crippen LogP contribution is 2.33. The van der Waals surface area contributed by atoms with E-state index in [-0.39, 0.29) is 18.7 Å². The predicted molar refractivity (Wildman–Crippen MR) is 78.0 cm³/mol. The number of benzene rings is 1. The first-order valence-electron chi connectivity index (χ1n) is 6.67. The Hall–Kier alpha value is -1.82. The van der Waals surface area contributed by atoms with Gasteiger partial charge in [-0.05, 0) is 37.5 Å². The number of piperidine rings is 1. The summed E-state index contributed by atoms with van der Waals surface area (Å²) < 4.78 is 10.6. The molecule has 1 atom stereocenters. The van der Waals surface area contributed by atoms with Gasteiger partial charge in [-0.1, -0.05) is 12.2 Å². The van der Waals surface area contributed by atoms with Crippen molar-refractivity contribution in [3.8, 4) is 11.5 Å². The molecular weight excluding hydrogens is 276 g/mol. The van der Waals surface area contributed by atoms with Gasteiger partial charge in [0.05, 0.1) is 11.0 Å². The maximum absolute atomic E-state index is 12.6. The zero-order valence-corrected chi connectivity index (χ0v) is 11.8. The maximum Gasteiger partial charge on any atom is 0.254 e. The summed E-state index contributed by atoms with van der Waals surface area (Å²) in [6.07, 6.45) is 2.87. The van der Waals surface area contributed by atoms with Crippen LogP contribution in [0.5, 0.6) is 11.5 Å². The third-order valence-corrected chi connectivity index (χ3v) is 3.98. The Bertz CT molecular complexity index is 561. The minimum atomic E-state index is -0.142. The number of nitrogens with zero attached hydrogens (tertiary/aromatic N) is 1. The normalized spacial score (nSPS) is 20.8. The number of carbonyl (C=O) groups is 1. The van der Waals surface area contributed by atoms with Crippen LogP contribution in [-0.4, -0.2) is 35.2 Å². The molecule has 1 aromatic carbocycles. The van der Waals surface area contributed by atoms with E-state index in [0.29, 0.717) is 28.6 Å². The van der Waals surface area contributed by atoms with E-state index < -0.39 is 0 Å². The summed E-state index contributed by atoms with van der Waals surface area (Å²) in [6, 6.07) is 5.09. The topological polar surface area (TPSA) is 64.8 Å². The molecule has 1 saturated heterocycles. The fourth-order valence-corrected chi connectivity index (χ4v) is 2.91. The highest BCUT2D eigenvalue weighted by Gasteiger charge is 2.30. The van der Waals surface area contributed by atoms with Gasteiger partial charge in [0.25, 0.3) is 5.91 Å². The Morgan fingerprint density at radius 1 is 1.30 bits per heavy atom. The van der Waals surface area contributed by atoms with Gasteiger partial charge in [0, 0.05) is 12.1 Å². The molecule has 0 bridgehead atoms. The molecule has 2 N–H and O–H groups in total. The van der Waals surface area contributed by atoms with Gasteiger partial charge in [-0.3, -0.25) is 4.79 Å². The molecule has 1 aromatic rings. The largest absolute Gasteiger partial charge is 0.454 e. The summed E-state index contributed by atoms with van der Waals surface area (Å²) in [6.45, 7) is 0.890. The molecule has 106 valence electrons. The van der Waals surface area contributed by atoms with E-state index in [2.05, 4.69) is 0 Å². The van der Waals surface area contributed by atoms with E-state index in [1.807, 2.05) is 0 Å². The maximum atomic E-state index is 12.6. The lowest BCUT2D eigenvalue weighted by Gasteiger charge is -2.35. The van der Waals surface area contributed by atoms with Gasteiger partial charge in [-0.2, -0.15) is 0 Å². The average Bonchev–Trinajstić information content (AvgIpc) is 2.93. The van der Waals surface area contributed by atoms with Crippen LogP contribution in [0.4, 0.5) is 0 Å². The average molecular weight is 292 g/mol. The van der Waals surface area contributed by atoms with Crippen molar-refractivity contribution in [1.29, 1.82) is 0 Å². The fraction of sp³-hybridized carbons (Fsp3) is 0.429. The van der Waals surface area contributed by atoms with Gasteiger partial charge >= 0.3 is 0 Å². The highest BCUT2D eigenvalue weighted by molar-refractivity contribution is 7.80. The number of likely N-dealkylation sites (tertiary alicyclic amines) is 1.